The van der Waals surface area contributed by atoms with E-state index in [1.807, 2.05) is 0 Å². The predicted molar refractivity (Wildman–Crippen MR) is 113 cm³/mol. The molecule has 1 aromatic carbocycles. The smallest absolute Gasteiger partial charge is 0.446 e. The maximum atomic E-state index is 13.6. The number of hydrogen-bond acceptors (Lipinski definition) is 10. The van der Waals surface area contributed by atoms with Gasteiger partial charge in [-0.15, -0.1) is 0 Å². The summed E-state index contributed by atoms with van der Waals surface area (Å²) in [6.45, 7) is 2.56. The summed E-state index contributed by atoms with van der Waals surface area (Å²) in [5, 5.41) is 16.5. The lowest BCUT2D eigenvalue weighted by molar-refractivity contribution is 0.157. The Balaban J connectivity index is 1.66. The summed E-state index contributed by atoms with van der Waals surface area (Å²) in [6.07, 6.45) is -0.175. The number of amides is 1. The van der Waals surface area contributed by atoms with E-state index >= 15 is 0 Å². The number of aliphatic imine (C=N–C) groups is 1. The number of aromatic nitrogens is 4. The molecule has 0 aliphatic carbocycles. The van der Waals surface area contributed by atoms with Crippen LogP contribution in [-0.2, 0) is 4.74 Å². The zero-order valence-electron chi connectivity index (χ0n) is 16.7. The monoisotopic (exact) mass is 512 g/mol. The lowest BCUT2D eigenvalue weighted by atomic mass is 10.3. The third-order valence-electron chi connectivity index (χ3n) is 3.88. The molecule has 0 unspecified atom stereocenters. The molecular weight excluding hydrogens is 495 g/mol. The van der Waals surface area contributed by atoms with Gasteiger partial charge in [-0.05, 0) is 57.8 Å². The van der Waals surface area contributed by atoms with Crippen molar-refractivity contribution in [3.8, 4) is 17.2 Å². The van der Waals surface area contributed by atoms with Gasteiger partial charge in [-0.3, -0.25) is 14.8 Å². The Morgan fingerprint density at radius 2 is 2.19 bits per heavy atom. The van der Waals surface area contributed by atoms with Crippen molar-refractivity contribution in [2.24, 2.45) is 10.7 Å². The fourth-order valence-corrected chi connectivity index (χ4v) is 2.87. The van der Waals surface area contributed by atoms with E-state index in [9.17, 15) is 14.0 Å². The number of carbonyl (C=O) groups is 1. The van der Waals surface area contributed by atoms with Gasteiger partial charge in [0.15, 0.2) is 11.7 Å². The highest BCUT2D eigenvalue weighted by Gasteiger charge is 2.23. The number of halogens is 2. The lowest BCUT2D eigenvalue weighted by Crippen LogP contribution is -2.37. The van der Waals surface area contributed by atoms with Crippen molar-refractivity contribution < 1.29 is 23.1 Å². The minimum atomic E-state index is -0.800. The lowest BCUT2D eigenvalue weighted by Gasteiger charge is -2.06. The molecule has 0 aliphatic heterocycles. The Morgan fingerprint density at radius 3 is 2.94 bits per heavy atom. The van der Waals surface area contributed by atoms with E-state index in [-0.39, 0.29) is 34.4 Å². The first kappa shape index (κ1) is 22.9. The van der Waals surface area contributed by atoms with Crippen LogP contribution in [0.1, 0.15) is 13.3 Å². The molecule has 0 atom stereocenters. The van der Waals surface area contributed by atoms with Crippen molar-refractivity contribution in [1.82, 2.24) is 25.4 Å². The van der Waals surface area contributed by atoms with E-state index < -0.39 is 17.7 Å². The standard InChI is InChI=1S/C17H18BrFN8O5/c1-2-30-16(28)23-15(20)22-7-3-6-21-13-12(24-32-25-13)14-26-31-17(29)27(14)9-4-5-11(19)10(18)8-9/h4-5,8H,2-3,6-7H2,1H3,(H,21,25)(H3,20,22,23,28). The highest BCUT2D eigenvalue weighted by molar-refractivity contribution is 9.10. The summed E-state index contributed by atoms with van der Waals surface area (Å²) in [5.41, 5.74) is 5.99. The average molecular weight is 513 g/mol. The number of hydrogen-bond donors (Lipinski definition) is 3. The Kier molecular flexibility index (Phi) is 7.54. The van der Waals surface area contributed by atoms with Crippen LogP contribution >= 0.6 is 15.9 Å². The zero-order valence-corrected chi connectivity index (χ0v) is 18.3. The summed E-state index contributed by atoms with van der Waals surface area (Å²) >= 11 is 3.07. The van der Waals surface area contributed by atoms with Crippen LogP contribution in [0.3, 0.4) is 0 Å². The summed E-state index contributed by atoms with van der Waals surface area (Å²) in [4.78, 5) is 27.4. The topological polar surface area (TPSA) is 176 Å². The van der Waals surface area contributed by atoms with E-state index in [1.165, 1.54) is 18.2 Å². The first-order valence-corrected chi connectivity index (χ1v) is 10.0. The molecule has 170 valence electrons. The van der Waals surface area contributed by atoms with Crippen LogP contribution in [0.2, 0.25) is 0 Å². The molecule has 0 saturated heterocycles. The van der Waals surface area contributed by atoms with Crippen molar-refractivity contribution in [3.05, 3.63) is 39.0 Å². The van der Waals surface area contributed by atoms with E-state index in [0.717, 1.165) is 4.57 Å². The SMILES string of the molecule is CCOC(=O)NC(N)=NCCCNc1nonc1-c1noc(=O)n1-c1ccc(F)c(Br)c1. The number of alkyl carbamates (subject to hydrolysis) is 1. The second kappa shape index (κ2) is 10.5. The van der Waals surface area contributed by atoms with Crippen molar-refractivity contribution >= 4 is 33.8 Å². The zero-order chi connectivity index (χ0) is 23.1. The second-order valence-corrected chi connectivity index (χ2v) is 6.91. The van der Waals surface area contributed by atoms with Gasteiger partial charge in [0.25, 0.3) is 0 Å². The first-order valence-electron chi connectivity index (χ1n) is 9.25. The highest BCUT2D eigenvalue weighted by atomic mass is 79.9. The fourth-order valence-electron chi connectivity index (χ4n) is 2.50. The summed E-state index contributed by atoms with van der Waals surface area (Å²) < 4.78 is 29.0. The molecule has 0 saturated carbocycles. The molecule has 3 rings (SSSR count). The van der Waals surface area contributed by atoms with Gasteiger partial charge in [0.2, 0.25) is 11.6 Å². The molecule has 3 aromatic rings. The van der Waals surface area contributed by atoms with Gasteiger partial charge in [-0.2, -0.15) is 0 Å². The Morgan fingerprint density at radius 1 is 1.38 bits per heavy atom. The van der Waals surface area contributed by atoms with Gasteiger partial charge in [0.1, 0.15) is 5.82 Å². The number of carbonyl (C=O) groups excluding carboxylic acids is 1. The number of rotatable bonds is 8. The summed E-state index contributed by atoms with van der Waals surface area (Å²) in [6, 6.07) is 3.96. The Bertz CT molecular complexity index is 1170. The van der Waals surface area contributed by atoms with Crippen LogP contribution < -0.4 is 22.1 Å². The quantitative estimate of drug-likeness (QED) is 0.228. The van der Waals surface area contributed by atoms with Gasteiger partial charge in [0, 0.05) is 13.1 Å². The maximum absolute atomic E-state index is 13.6. The molecule has 4 N–H and O–H groups in total. The van der Waals surface area contributed by atoms with Gasteiger partial charge >= 0.3 is 11.8 Å². The Labute approximate surface area is 187 Å². The van der Waals surface area contributed by atoms with Crippen LogP contribution in [0, 0.1) is 5.82 Å². The molecule has 15 heteroatoms. The van der Waals surface area contributed by atoms with Gasteiger partial charge < -0.3 is 15.8 Å². The van der Waals surface area contributed by atoms with Gasteiger partial charge in [-0.25, -0.2) is 23.2 Å². The van der Waals surface area contributed by atoms with E-state index in [0.29, 0.717) is 25.2 Å². The third-order valence-corrected chi connectivity index (χ3v) is 4.49. The van der Waals surface area contributed by atoms with Crippen molar-refractivity contribution in [2.45, 2.75) is 13.3 Å². The number of nitrogens with zero attached hydrogens (tertiary/aromatic N) is 5. The molecule has 32 heavy (non-hydrogen) atoms. The summed E-state index contributed by atoms with van der Waals surface area (Å²) in [7, 11) is 0. The van der Waals surface area contributed by atoms with Gasteiger partial charge in [-0.1, -0.05) is 5.16 Å². The van der Waals surface area contributed by atoms with Crippen molar-refractivity contribution in [1.29, 1.82) is 0 Å². The van der Waals surface area contributed by atoms with Crippen LogP contribution in [0.25, 0.3) is 17.2 Å². The van der Waals surface area contributed by atoms with Crippen molar-refractivity contribution in [2.75, 3.05) is 25.0 Å². The van der Waals surface area contributed by atoms with E-state index in [2.05, 4.69) is 47.0 Å². The third kappa shape index (κ3) is 5.48. The molecule has 0 spiro atoms. The normalized spacial score (nSPS) is 11.4. The second-order valence-electron chi connectivity index (χ2n) is 6.06. The van der Waals surface area contributed by atoms with E-state index in [1.54, 1.807) is 6.92 Å². The molecule has 1 amide bonds. The molecular formula is C17H18BrFN8O5. The molecule has 13 nitrogen and oxygen atoms in total. The number of nitrogens with two attached hydrogens (primary N) is 1. The van der Waals surface area contributed by atoms with Crippen LogP contribution in [-0.4, -0.2) is 51.8 Å². The molecule has 0 aliphatic rings. The van der Waals surface area contributed by atoms with Crippen LogP contribution in [0.5, 0.6) is 0 Å². The Hall–Kier alpha value is -3.75. The maximum Gasteiger partial charge on any atom is 0.446 e. The number of guanidine groups is 1. The molecule has 2 aromatic heterocycles. The number of nitrogens with one attached hydrogen (secondary N) is 2. The minimum Gasteiger partial charge on any atom is -0.450 e. The van der Waals surface area contributed by atoms with Crippen LogP contribution in [0.15, 0.2) is 41.6 Å². The average Bonchev–Trinajstić information content (AvgIpc) is 3.36. The largest absolute Gasteiger partial charge is 0.450 e. The molecule has 0 radical (unpaired) electrons. The highest BCUT2D eigenvalue weighted by Crippen LogP contribution is 2.26. The van der Waals surface area contributed by atoms with E-state index in [4.69, 9.17) is 19.6 Å². The first-order chi connectivity index (χ1) is 15.4. The molecule has 0 bridgehead atoms. The number of ether oxygens (including phenoxy) is 1. The minimum absolute atomic E-state index is 0.0122. The van der Waals surface area contributed by atoms with Gasteiger partial charge in [0.05, 0.1) is 16.8 Å². The molecule has 0 fully saturated rings. The van der Waals surface area contributed by atoms with Crippen molar-refractivity contribution in [3.63, 3.8) is 0 Å². The fraction of sp³-hybridized carbons (Fsp3) is 0.294. The predicted octanol–water partition coefficient (Wildman–Crippen LogP) is 1.64. The summed E-state index contributed by atoms with van der Waals surface area (Å²) in [5.74, 6) is -1.14. The number of benzene rings is 1. The molecule has 2 heterocycles. The number of anilines is 1. The van der Waals surface area contributed by atoms with Crippen LogP contribution in [0.4, 0.5) is 15.0 Å².